The Morgan fingerprint density at radius 3 is 2.54 bits per heavy atom. The van der Waals surface area contributed by atoms with Crippen molar-refractivity contribution in [2.75, 3.05) is 5.32 Å². The van der Waals surface area contributed by atoms with E-state index in [-0.39, 0.29) is 0 Å². The topological polar surface area (TPSA) is 66.9 Å². The van der Waals surface area contributed by atoms with Crippen LogP contribution in [0.25, 0.3) is 0 Å². The number of hydrogen-bond acceptors (Lipinski definition) is 5. The molecule has 5 nitrogen and oxygen atoms in total. The monoisotopic (exact) mass is 392 g/mol. The Hall–Kier alpha value is -3.12. The lowest BCUT2D eigenvalue weighted by Crippen LogP contribution is -2.18. The average Bonchev–Trinajstić information content (AvgIpc) is 2.73. The SMILES string of the molecule is C=C(NCc1cccnc1)Nc1ccc(S(=C)(=O)c2cccnc2CC)cc1. The minimum absolute atomic E-state index is 0.630. The van der Waals surface area contributed by atoms with Gasteiger partial charge in [0.15, 0.2) is 0 Å². The van der Waals surface area contributed by atoms with Crippen molar-refractivity contribution >= 4 is 21.1 Å². The Labute approximate surface area is 166 Å². The molecule has 0 amide bonds. The van der Waals surface area contributed by atoms with Gasteiger partial charge in [-0.25, -0.2) is 0 Å². The number of rotatable bonds is 8. The maximum Gasteiger partial charge on any atom is 0.0959 e. The van der Waals surface area contributed by atoms with Gasteiger partial charge in [0.25, 0.3) is 0 Å². The molecule has 2 heterocycles. The number of pyridine rings is 2. The second kappa shape index (κ2) is 8.71. The van der Waals surface area contributed by atoms with Crippen molar-refractivity contribution in [3.63, 3.8) is 0 Å². The van der Waals surface area contributed by atoms with Crippen LogP contribution in [0.4, 0.5) is 5.69 Å². The van der Waals surface area contributed by atoms with Crippen LogP contribution in [0.2, 0.25) is 0 Å². The average molecular weight is 393 g/mol. The number of nitrogens with one attached hydrogen (secondary N) is 2. The summed E-state index contributed by atoms with van der Waals surface area (Å²) in [6, 6.07) is 14.9. The van der Waals surface area contributed by atoms with Crippen molar-refractivity contribution in [1.29, 1.82) is 0 Å². The number of anilines is 1. The Kier molecular flexibility index (Phi) is 6.11. The Morgan fingerprint density at radius 2 is 1.86 bits per heavy atom. The maximum absolute atomic E-state index is 13.4. The molecule has 2 N–H and O–H groups in total. The summed E-state index contributed by atoms with van der Waals surface area (Å²) in [6.07, 6.45) is 5.98. The minimum atomic E-state index is -2.61. The summed E-state index contributed by atoms with van der Waals surface area (Å²) < 4.78 is 13.4. The lowest BCUT2D eigenvalue weighted by Gasteiger charge is -2.15. The van der Waals surface area contributed by atoms with Gasteiger partial charge in [0.1, 0.15) is 0 Å². The number of hydrogen-bond donors (Lipinski definition) is 2. The first kappa shape index (κ1) is 19.6. The van der Waals surface area contributed by atoms with Crippen molar-refractivity contribution in [3.8, 4) is 0 Å². The van der Waals surface area contributed by atoms with Gasteiger partial charge in [0, 0.05) is 45.2 Å². The molecule has 0 aliphatic carbocycles. The van der Waals surface area contributed by atoms with E-state index in [2.05, 4.69) is 33.1 Å². The van der Waals surface area contributed by atoms with Crippen LogP contribution < -0.4 is 10.6 Å². The molecule has 144 valence electrons. The van der Waals surface area contributed by atoms with Crippen LogP contribution in [-0.2, 0) is 22.5 Å². The number of aromatic nitrogens is 2. The van der Waals surface area contributed by atoms with Crippen LogP contribution >= 0.6 is 0 Å². The van der Waals surface area contributed by atoms with E-state index >= 15 is 0 Å². The van der Waals surface area contributed by atoms with Crippen molar-refractivity contribution in [2.24, 2.45) is 0 Å². The zero-order valence-electron chi connectivity index (χ0n) is 15.9. The van der Waals surface area contributed by atoms with Gasteiger partial charge in [-0.15, -0.1) is 0 Å². The molecule has 0 saturated heterocycles. The lowest BCUT2D eigenvalue weighted by atomic mass is 10.3. The van der Waals surface area contributed by atoms with E-state index in [4.69, 9.17) is 0 Å². The van der Waals surface area contributed by atoms with Crippen molar-refractivity contribution in [3.05, 3.63) is 90.8 Å². The predicted molar refractivity (Wildman–Crippen MR) is 116 cm³/mol. The summed E-state index contributed by atoms with van der Waals surface area (Å²) in [5.41, 5.74) is 2.74. The standard InChI is InChI=1S/C22H24N4OS/c1-4-21-22(8-6-14-24-21)28(3,27)20-11-9-19(10-12-20)26-17(2)25-16-18-7-5-13-23-15-18/h5-15,25-26H,2-4,16H2,1H3. The van der Waals surface area contributed by atoms with E-state index in [0.717, 1.165) is 16.9 Å². The zero-order valence-corrected chi connectivity index (χ0v) is 16.7. The van der Waals surface area contributed by atoms with E-state index in [0.29, 0.717) is 28.6 Å². The van der Waals surface area contributed by atoms with E-state index in [1.807, 2.05) is 55.6 Å². The molecule has 0 spiro atoms. The number of benzene rings is 1. The van der Waals surface area contributed by atoms with Crippen molar-refractivity contribution in [2.45, 2.75) is 29.7 Å². The smallest absolute Gasteiger partial charge is 0.0959 e. The zero-order chi connectivity index (χ0) is 20.0. The summed E-state index contributed by atoms with van der Waals surface area (Å²) in [5, 5.41) is 6.41. The second-order valence-corrected chi connectivity index (χ2v) is 8.58. The Bertz CT molecular complexity index is 1050. The molecule has 28 heavy (non-hydrogen) atoms. The summed E-state index contributed by atoms with van der Waals surface area (Å²) in [4.78, 5) is 9.80. The fourth-order valence-corrected chi connectivity index (χ4v) is 4.51. The largest absolute Gasteiger partial charge is 0.368 e. The van der Waals surface area contributed by atoms with Crippen LogP contribution in [-0.4, -0.2) is 20.0 Å². The third-order valence-electron chi connectivity index (χ3n) is 4.30. The third kappa shape index (κ3) is 4.58. The van der Waals surface area contributed by atoms with Crippen molar-refractivity contribution < 1.29 is 4.21 Å². The van der Waals surface area contributed by atoms with Crippen LogP contribution in [0.5, 0.6) is 0 Å². The molecular formula is C22H24N4OS. The first-order valence-corrected chi connectivity index (χ1v) is 10.7. The fraction of sp³-hybridized carbons (Fsp3) is 0.136. The van der Waals surface area contributed by atoms with Crippen LogP contribution in [0.3, 0.4) is 0 Å². The Balaban J connectivity index is 1.68. The van der Waals surface area contributed by atoms with Gasteiger partial charge in [-0.2, -0.15) is 0 Å². The molecule has 0 radical (unpaired) electrons. The van der Waals surface area contributed by atoms with E-state index in [1.165, 1.54) is 0 Å². The first-order chi connectivity index (χ1) is 13.5. The minimum Gasteiger partial charge on any atom is -0.368 e. The van der Waals surface area contributed by atoms with Gasteiger partial charge >= 0.3 is 0 Å². The fourth-order valence-electron chi connectivity index (χ4n) is 2.80. The molecule has 0 bridgehead atoms. The molecule has 0 saturated carbocycles. The highest BCUT2D eigenvalue weighted by Gasteiger charge is 2.15. The molecule has 6 heteroatoms. The normalized spacial score (nSPS) is 12.8. The molecule has 0 aliphatic heterocycles. The summed E-state index contributed by atoms with van der Waals surface area (Å²) >= 11 is 0. The molecule has 3 aromatic rings. The van der Waals surface area contributed by atoms with Crippen molar-refractivity contribution in [1.82, 2.24) is 15.3 Å². The molecule has 0 fully saturated rings. The maximum atomic E-state index is 13.4. The van der Waals surface area contributed by atoms with Gasteiger partial charge < -0.3 is 10.6 Å². The van der Waals surface area contributed by atoms with Gasteiger partial charge in [0.05, 0.1) is 16.4 Å². The van der Waals surface area contributed by atoms with Gasteiger partial charge in [-0.05, 0) is 60.3 Å². The van der Waals surface area contributed by atoms with Gasteiger partial charge in [-0.3, -0.25) is 14.2 Å². The predicted octanol–water partition coefficient (Wildman–Crippen LogP) is 3.85. The van der Waals surface area contributed by atoms with Gasteiger partial charge in [-0.1, -0.05) is 19.6 Å². The van der Waals surface area contributed by atoms with E-state index in [1.54, 1.807) is 18.5 Å². The molecule has 0 aliphatic rings. The summed E-state index contributed by atoms with van der Waals surface area (Å²) in [7, 11) is -2.61. The first-order valence-electron chi connectivity index (χ1n) is 9.00. The summed E-state index contributed by atoms with van der Waals surface area (Å²) in [6.45, 7) is 6.62. The second-order valence-electron chi connectivity index (χ2n) is 6.32. The Morgan fingerprint density at radius 1 is 1.11 bits per heavy atom. The molecule has 2 aromatic heterocycles. The highest BCUT2D eigenvalue weighted by Crippen LogP contribution is 2.24. The molecular weight excluding hydrogens is 368 g/mol. The highest BCUT2D eigenvalue weighted by molar-refractivity contribution is 8.00. The molecule has 1 atom stereocenters. The number of nitrogens with zero attached hydrogens (tertiary/aromatic N) is 2. The highest BCUT2D eigenvalue weighted by atomic mass is 32.2. The lowest BCUT2D eigenvalue weighted by molar-refractivity contribution is 0.679. The van der Waals surface area contributed by atoms with Crippen LogP contribution in [0, 0.1) is 0 Å². The van der Waals surface area contributed by atoms with E-state index in [9.17, 15) is 4.21 Å². The summed E-state index contributed by atoms with van der Waals surface area (Å²) in [5.74, 6) is 4.68. The third-order valence-corrected chi connectivity index (χ3v) is 6.41. The molecule has 1 aromatic carbocycles. The van der Waals surface area contributed by atoms with Gasteiger partial charge in [0.2, 0.25) is 0 Å². The quantitative estimate of drug-likeness (QED) is 0.570. The van der Waals surface area contributed by atoms with E-state index < -0.39 is 9.52 Å². The number of aryl methyl sites for hydroxylation is 1. The van der Waals surface area contributed by atoms with Crippen LogP contribution in [0.1, 0.15) is 18.2 Å². The van der Waals surface area contributed by atoms with Crippen LogP contribution in [0.15, 0.2) is 89.3 Å². The molecule has 3 rings (SSSR count). The molecule has 1 unspecified atom stereocenters.